The van der Waals surface area contributed by atoms with Gasteiger partial charge in [-0.3, -0.25) is 23.9 Å². The molecule has 2 aliphatic carbocycles. The van der Waals surface area contributed by atoms with Gasteiger partial charge in [-0.1, -0.05) is 37.1 Å². The van der Waals surface area contributed by atoms with Gasteiger partial charge in [0.05, 0.1) is 22.6 Å². The van der Waals surface area contributed by atoms with Crippen molar-refractivity contribution in [3.05, 3.63) is 47.5 Å². The molecule has 1 aromatic carbocycles. The predicted octanol–water partition coefficient (Wildman–Crippen LogP) is 2.89. The Labute approximate surface area is 254 Å². The summed E-state index contributed by atoms with van der Waals surface area (Å²) >= 11 is 0. The summed E-state index contributed by atoms with van der Waals surface area (Å²) in [7, 11) is -3.86. The van der Waals surface area contributed by atoms with E-state index in [0.717, 1.165) is 30.7 Å². The number of nitrogens with two attached hydrogens (primary N) is 1. The third-order valence-electron chi connectivity index (χ3n) is 9.18. The van der Waals surface area contributed by atoms with Crippen molar-refractivity contribution in [2.45, 2.75) is 93.1 Å². The molecule has 2 saturated carbocycles. The highest BCUT2D eigenvalue weighted by Gasteiger charge is 2.62. The molecule has 2 heterocycles. The maximum atomic E-state index is 14.1. The number of amides is 4. The summed E-state index contributed by atoms with van der Waals surface area (Å²) in [6.45, 7) is 0.199. The van der Waals surface area contributed by atoms with Gasteiger partial charge in [-0.2, -0.15) is 13.2 Å². The summed E-state index contributed by atoms with van der Waals surface area (Å²) in [5, 5.41) is 2.14. The molecule has 0 aromatic heterocycles. The third kappa shape index (κ3) is 6.64. The Hall–Kier alpha value is -3.42. The van der Waals surface area contributed by atoms with Gasteiger partial charge < -0.3 is 16.0 Å². The molecule has 5 rings (SSSR count). The standard InChI is InChI=1S/C30H37F3N4O6S/c31-30(32,33)19-12-10-18(11-13-19)24(25(34)38)22-8-5-3-1-2-4-7-20-17-29(20,28(41)36-44(42,43)21-14-15-21)35-26(39)23-9-6-16-37(23)27(22)40/h4,7,10-13,20-24H,1-3,5-6,8-9,14-17H2,(H2,34,38)(H,35,39)(H,36,41)/b7-4-. The van der Waals surface area contributed by atoms with E-state index in [-0.39, 0.29) is 31.4 Å². The summed E-state index contributed by atoms with van der Waals surface area (Å²) in [5.41, 5.74) is 3.58. The summed E-state index contributed by atoms with van der Waals surface area (Å²) in [4.78, 5) is 55.3. The number of benzene rings is 1. The van der Waals surface area contributed by atoms with Crippen LogP contribution >= 0.6 is 0 Å². The van der Waals surface area contributed by atoms with Crippen molar-refractivity contribution in [2.24, 2.45) is 17.6 Å². The third-order valence-corrected chi connectivity index (χ3v) is 11.0. The number of carbonyl (C=O) groups is 4. The largest absolute Gasteiger partial charge is 0.416 e. The Kier molecular flexibility index (Phi) is 8.85. The van der Waals surface area contributed by atoms with E-state index < -0.39 is 80.0 Å². The lowest BCUT2D eigenvalue weighted by molar-refractivity contribution is -0.144. The number of alkyl halides is 3. The van der Waals surface area contributed by atoms with Gasteiger partial charge in [0.2, 0.25) is 27.7 Å². The summed E-state index contributed by atoms with van der Waals surface area (Å²) in [6, 6.07) is 3.03. The lowest BCUT2D eigenvalue weighted by atomic mass is 9.80. The number of rotatable bonds is 6. The second-order valence-electron chi connectivity index (χ2n) is 12.3. The second kappa shape index (κ2) is 12.2. The summed E-state index contributed by atoms with van der Waals surface area (Å²) in [6.07, 6.45) is 3.82. The molecular formula is C30H37F3N4O6S. The van der Waals surface area contributed by atoms with Crippen molar-refractivity contribution in [1.29, 1.82) is 0 Å². The van der Waals surface area contributed by atoms with Crippen molar-refractivity contribution in [3.8, 4) is 0 Å². The Bertz CT molecular complexity index is 1440. The van der Waals surface area contributed by atoms with Crippen LogP contribution in [-0.4, -0.2) is 60.3 Å². The Morgan fingerprint density at radius 1 is 1.02 bits per heavy atom. The summed E-state index contributed by atoms with van der Waals surface area (Å²) in [5.74, 6) is -5.44. The quantitative estimate of drug-likeness (QED) is 0.407. The number of primary amides is 1. The van der Waals surface area contributed by atoms with Gasteiger partial charge in [0.1, 0.15) is 11.6 Å². The van der Waals surface area contributed by atoms with Crippen molar-refractivity contribution >= 4 is 33.7 Å². The molecule has 5 unspecified atom stereocenters. The number of halogens is 3. The number of hydrogen-bond donors (Lipinski definition) is 3. The molecule has 5 atom stereocenters. The first-order valence-electron chi connectivity index (χ1n) is 15.1. The van der Waals surface area contributed by atoms with Crippen LogP contribution in [-0.2, 0) is 35.4 Å². The lowest BCUT2D eigenvalue weighted by Crippen LogP contribution is -2.57. The molecule has 0 radical (unpaired) electrons. The minimum absolute atomic E-state index is 0.179. The van der Waals surface area contributed by atoms with E-state index in [4.69, 9.17) is 5.73 Å². The van der Waals surface area contributed by atoms with Crippen LogP contribution < -0.4 is 15.8 Å². The zero-order valence-electron chi connectivity index (χ0n) is 24.1. The first-order chi connectivity index (χ1) is 20.7. The van der Waals surface area contributed by atoms with E-state index in [2.05, 4.69) is 10.0 Å². The molecule has 3 fully saturated rings. The van der Waals surface area contributed by atoms with E-state index in [0.29, 0.717) is 38.5 Å². The van der Waals surface area contributed by atoms with Crippen molar-refractivity contribution in [2.75, 3.05) is 6.54 Å². The molecular weight excluding hydrogens is 601 g/mol. The van der Waals surface area contributed by atoms with E-state index >= 15 is 0 Å². The number of sulfonamides is 1. The van der Waals surface area contributed by atoms with Crippen LogP contribution in [0.4, 0.5) is 13.2 Å². The maximum absolute atomic E-state index is 14.1. The highest BCUT2D eigenvalue weighted by Crippen LogP contribution is 2.46. The van der Waals surface area contributed by atoms with E-state index in [1.165, 1.54) is 4.90 Å². The lowest BCUT2D eigenvalue weighted by Gasteiger charge is -2.32. The van der Waals surface area contributed by atoms with Gasteiger partial charge in [-0.25, -0.2) is 8.42 Å². The molecule has 2 aliphatic heterocycles. The molecule has 4 aliphatic rings. The van der Waals surface area contributed by atoms with Crippen molar-refractivity contribution in [3.63, 3.8) is 0 Å². The average molecular weight is 639 g/mol. The van der Waals surface area contributed by atoms with Crippen molar-refractivity contribution < 1.29 is 40.8 Å². The Morgan fingerprint density at radius 2 is 1.73 bits per heavy atom. The fraction of sp³-hybridized carbons (Fsp3) is 0.600. The topological polar surface area (TPSA) is 156 Å². The number of hydrogen-bond acceptors (Lipinski definition) is 6. The minimum atomic E-state index is -4.58. The van der Waals surface area contributed by atoms with Crippen LogP contribution in [0.1, 0.15) is 81.3 Å². The van der Waals surface area contributed by atoms with Crippen LogP contribution in [0.15, 0.2) is 36.4 Å². The molecule has 1 aromatic rings. The second-order valence-corrected chi connectivity index (χ2v) is 14.3. The number of nitrogens with zero attached hydrogens (tertiary/aromatic N) is 1. The van der Waals surface area contributed by atoms with Gasteiger partial charge >= 0.3 is 6.18 Å². The number of nitrogens with one attached hydrogen (secondary N) is 2. The maximum Gasteiger partial charge on any atom is 0.416 e. The molecule has 0 bridgehead atoms. The average Bonchev–Trinajstić information content (AvgIpc) is 3.87. The van der Waals surface area contributed by atoms with E-state index in [1.54, 1.807) is 0 Å². The fourth-order valence-corrected chi connectivity index (χ4v) is 7.82. The zero-order valence-corrected chi connectivity index (χ0v) is 25.0. The van der Waals surface area contributed by atoms with E-state index in [9.17, 15) is 40.8 Å². The predicted molar refractivity (Wildman–Crippen MR) is 153 cm³/mol. The van der Waals surface area contributed by atoms with Gasteiger partial charge in [0.15, 0.2) is 0 Å². The normalized spacial score (nSPS) is 29.7. The molecule has 4 amide bonds. The highest BCUT2D eigenvalue weighted by atomic mass is 32.2. The molecule has 10 nitrogen and oxygen atoms in total. The van der Waals surface area contributed by atoms with E-state index in [1.807, 2.05) is 12.2 Å². The van der Waals surface area contributed by atoms with Gasteiger partial charge in [-0.15, -0.1) is 0 Å². The molecule has 1 saturated heterocycles. The molecule has 44 heavy (non-hydrogen) atoms. The first kappa shape index (κ1) is 32.0. The Balaban J connectivity index is 1.43. The molecule has 14 heteroatoms. The number of allylic oxidation sites excluding steroid dienone is 1. The minimum Gasteiger partial charge on any atom is -0.369 e. The molecule has 240 valence electrons. The van der Waals surface area contributed by atoms with Crippen LogP contribution in [0.2, 0.25) is 0 Å². The SMILES string of the molecule is NC(=O)C(c1ccc(C(F)(F)F)cc1)C1CCCCC/C=C\C2CC2(C(=O)NS(=O)(=O)C2CC2)NC(=O)C2CCCN2C1=O. The van der Waals surface area contributed by atoms with Gasteiger partial charge in [0.25, 0.3) is 5.91 Å². The molecule has 4 N–H and O–H groups in total. The zero-order chi connectivity index (χ0) is 31.9. The van der Waals surface area contributed by atoms with Gasteiger partial charge in [-0.05, 0) is 69.1 Å². The number of carbonyl (C=O) groups excluding carboxylic acids is 4. The van der Waals surface area contributed by atoms with Crippen LogP contribution in [0.25, 0.3) is 0 Å². The number of fused-ring (bicyclic) bond motifs is 2. The monoisotopic (exact) mass is 638 g/mol. The van der Waals surface area contributed by atoms with Crippen LogP contribution in [0.3, 0.4) is 0 Å². The highest BCUT2D eigenvalue weighted by molar-refractivity contribution is 7.91. The first-order valence-corrected chi connectivity index (χ1v) is 16.6. The smallest absolute Gasteiger partial charge is 0.369 e. The summed E-state index contributed by atoms with van der Waals surface area (Å²) < 4.78 is 66.8. The fourth-order valence-electron chi connectivity index (χ4n) is 6.45. The molecule has 0 spiro atoms. The van der Waals surface area contributed by atoms with Gasteiger partial charge in [0, 0.05) is 12.5 Å². The van der Waals surface area contributed by atoms with Crippen LogP contribution in [0, 0.1) is 11.8 Å². The van der Waals surface area contributed by atoms with Crippen LogP contribution in [0.5, 0.6) is 0 Å². The Morgan fingerprint density at radius 3 is 2.36 bits per heavy atom. The van der Waals surface area contributed by atoms with Crippen molar-refractivity contribution in [1.82, 2.24) is 14.9 Å².